The molecule has 3 rings (SSSR count). The summed E-state index contributed by atoms with van der Waals surface area (Å²) in [5.41, 5.74) is 3.38. The van der Waals surface area contributed by atoms with Crippen LogP contribution in [0.1, 0.15) is 24.1 Å². The fraction of sp³-hybridized carbons (Fsp3) is 0.211. The quantitative estimate of drug-likeness (QED) is 0.668. The summed E-state index contributed by atoms with van der Waals surface area (Å²) in [5.74, 6) is 0. The van der Waals surface area contributed by atoms with Gasteiger partial charge in [-0.15, -0.1) is 0 Å². The van der Waals surface area contributed by atoms with Crippen molar-refractivity contribution in [1.82, 2.24) is 9.88 Å². The molecule has 0 saturated carbocycles. The van der Waals surface area contributed by atoms with E-state index in [2.05, 4.69) is 54.2 Å². The highest BCUT2D eigenvalue weighted by Crippen LogP contribution is 2.28. The van der Waals surface area contributed by atoms with E-state index in [-0.39, 0.29) is 0 Å². The first-order valence-corrected chi connectivity index (χ1v) is 7.82. The number of hydrogen-bond donors (Lipinski definition) is 0. The van der Waals surface area contributed by atoms with Crippen molar-refractivity contribution in [3.8, 4) is 0 Å². The molecule has 2 nitrogen and oxygen atoms in total. The summed E-state index contributed by atoms with van der Waals surface area (Å²) in [6, 6.07) is 18.8. The molecule has 1 heterocycles. The predicted molar refractivity (Wildman–Crippen MR) is 93.1 cm³/mol. The predicted octanol–water partition coefficient (Wildman–Crippen LogP) is 5.08. The monoisotopic (exact) mass is 310 g/mol. The summed E-state index contributed by atoms with van der Waals surface area (Å²) in [7, 11) is 2.12. The molecule has 3 heteroatoms. The third-order valence-corrected chi connectivity index (χ3v) is 4.53. The lowest BCUT2D eigenvalue weighted by Crippen LogP contribution is -2.22. The van der Waals surface area contributed by atoms with Gasteiger partial charge in [0.25, 0.3) is 0 Å². The molecular weight excluding hydrogens is 292 g/mol. The standard InChI is InChI=1S/C19H19ClN2/c1-14(15-7-4-3-5-8-15)22(2)13-17-18(20)11-10-16-9-6-12-21-19(16)17/h3-12,14H,13H2,1-2H3. The largest absolute Gasteiger partial charge is 0.295 e. The molecule has 0 N–H and O–H groups in total. The van der Waals surface area contributed by atoms with Crippen molar-refractivity contribution in [3.05, 3.63) is 76.9 Å². The Labute approximate surface area is 136 Å². The molecule has 0 aliphatic heterocycles. The van der Waals surface area contributed by atoms with Crippen molar-refractivity contribution in [2.75, 3.05) is 7.05 Å². The van der Waals surface area contributed by atoms with E-state index in [1.807, 2.05) is 30.5 Å². The second-order valence-electron chi connectivity index (χ2n) is 5.60. The van der Waals surface area contributed by atoms with Crippen molar-refractivity contribution in [2.45, 2.75) is 19.5 Å². The van der Waals surface area contributed by atoms with Gasteiger partial charge in [0.05, 0.1) is 5.52 Å². The number of benzene rings is 2. The Morgan fingerprint density at radius 1 is 1.05 bits per heavy atom. The van der Waals surface area contributed by atoms with Gasteiger partial charge >= 0.3 is 0 Å². The molecule has 0 bridgehead atoms. The van der Waals surface area contributed by atoms with Crippen LogP contribution < -0.4 is 0 Å². The molecule has 22 heavy (non-hydrogen) atoms. The summed E-state index contributed by atoms with van der Waals surface area (Å²) in [6.45, 7) is 2.98. The Morgan fingerprint density at radius 2 is 1.82 bits per heavy atom. The fourth-order valence-electron chi connectivity index (χ4n) is 2.70. The molecule has 1 atom stereocenters. The number of halogens is 1. The van der Waals surface area contributed by atoms with Crippen LogP contribution >= 0.6 is 11.6 Å². The third-order valence-electron chi connectivity index (χ3n) is 4.17. The van der Waals surface area contributed by atoms with Crippen molar-refractivity contribution in [1.29, 1.82) is 0 Å². The van der Waals surface area contributed by atoms with Gasteiger partial charge in [-0.3, -0.25) is 9.88 Å². The second kappa shape index (κ2) is 6.47. The highest BCUT2D eigenvalue weighted by atomic mass is 35.5. The van der Waals surface area contributed by atoms with Crippen LogP contribution in [0.25, 0.3) is 10.9 Å². The van der Waals surface area contributed by atoms with Gasteiger partial charge in [-0.1, -0.05) is 54.1 Å². The first-order chi connectivity index (χ1) is 10.7. The molecule has 1 unspecified atom stereocenters. The number of nitrogens with zero attached hydrogens (tertiary/aromatic N) is 2. The van der Waals surface area contributed by atoms with Gasteiger partial charge in [0.1, 0.15) is 0 Å². The van der Waals surface area contributed by atoms with Crippen molar-refractivity contribution in [3.63, 3.8) is 0 Å². The maximum atomic E-state index is 6.43. The molecule has 3 aromatic rings. The van der Waals surface area contributed by atoms with E-state index in [1.54, 1.807) is 0 Å². The van der Waals surface area contributed by atoms with E-state index in [4.69, 9.17) is 11.6 Å². The topological polar surface area (TPSA) is 16.1 Å². The van der Waals surface area contributed by atoms with Crippen LogP contribution in [0, 0.1) is 0 Å². The zero-order valence-electron chi connectivity index (χ0n) is 12.8. The number of pyridine rings is 1. The fourth-order valence-corrected chi connectivity index (χ4v) is 2.92. The van der Waals surface area contributed by atoms with Crippen LogP contribution in [0.15, 0.2) is 60.8 Å². The maximum Gasteiger partial charge on any atom is 0.0761 e. The molecule has 0 aliphatic carbocycles. The Morgan fingerprint density at radius 3 is 2.59 bits per heavy atom. The van der Waals surface area contributed by atoms with E-state index in [0.717, 1.165) is 28.0 Å². The minimum Gasteiger partial charge on any atom is -0.295 e. The van der Waals surface area contributed by atoms with Crippen molar-refractivity contribution >= 4 is 22.5 Å². The molecular formula is C19H19ClN2. The zero-order valence-corrected chi connectivity index (χ0v) is 13.6. The minimum atomic E-state index is 0.316. The van der Waals surface area contributed by atoms with Gasteiger partial charge < -0.3 is 0 Å². The number of aromatic nitrogens is 1. The Bertz CT molecular complexity index is 771. The highest BCUT2D eigenvalue weighted by molar-refractivity contribution is 6.32. The Kier molecular flexibility index (Phi) is 4.41. The van der Waals surface area contributed by atoms with Gasteiger partial charge in [-0.2, -0.15) is 0 Å². The Balaban J connectivity index is 1.91. The lowest BCUT2D eigenvalue weighted by Gasteiger charge is -2.26. The van der Waals surface area contributed by atoms with Crippen LogP contribution in [0.3, 0.4) is 0 Å². The Hall–Kier alpha value is -1.90. The van der Waals surface area contributed by atoms with Crippen LogP contribution in [0.4, 0.5) is 0 Å². The summed E-state index contributed by atoms with van der Waals surface area (Å²) in [4.78, 5) is 6.81. The number of fused-ring (bicyclic) bond motifs is 1. The van der Waals surface area contributed by atoms with E-state index in [1.165, 1.54) is 5.56 Å². The van der Waals surface area contributed by atoms with Crippen LogP contribution in [0.5, 0.6) is 0 Å². The van der Waals surface area contributed by atoms with Gasteiger partial charge in [0, 0.05) is 34.8 Å². The van der Waals surface area contributed by atoms with Gasteiger partial charge in [-0.25, -0.2) is 0 Å². The number of rotatable bonds is 4. The van der Waals surface area contributed by atoms with Crippen molar-refractivity contribution in [2.24, 2.45) is 0 Å². The zero-order chi connectivity index (χ0) is 15.5. The molecule has 0 saturated heterocycles. The van der Waals surface area contributed by atoms with Crippen LogP contribution in [-0.2, 0) is 6.54 Å². The molecule has 0 spiro atoms. The van der Waals surface area contributed by atoms with E-state index in [9.17, 15) is 0 Å². The lowest BCUT2D eigenvalue weighted by molar-refractivity contribution is 0.254. The number of hydrogen-bond acceptors (Lipinski definition) is 2. The van der Waals surface area contributed by atoms with Crippen LogP contribution in [-0.4, -0.2) is 16.9 Å². The molecule has 0 radical (unpaired) electrons. The summed E-state index contributed by atoms with van der Waals surface area (Å²) in [6.07, 6.45) is 1.82. The van der Waals surface area contributed by atoms with Crippen molar-refractivity contribution < 1.29 is 0 Å². The summed E-state index contributed by atoms with van der Waals surface area (Å²) in [5, 5.41) is 1.90. The van der Waals surface area contributed by atoms with Gasteiger partial charge in [0.2, 0.25) is 0 Å². The second-order valence-corrected chi connectivity index (χ2v) is 6.01. The molecule has 2 aromatic carbocycles. The average Bonchev–Trinajstić information content (AvgIpc) is 2.57. The maximum absolute atomic E-state index is 6.43. The van der Waals surface area contributed by atoms with E-state index >= 15 is 0 Å². The molecule has 0 amide bonds. The lowest BCUT2D eigenvalue weighted by atomic mass is 10.1. The first kappa shape index (κ1) is 15.0. The molecule has 1 aromatic heterocycles. The third kappa shape index (κ3) is 2.99. The molecule has 112 valence electrons. The normalized spacial score (nSPS) is 12.7. The van der Waals surface area contributed by atoms with E-state index < -0.39 is 0 Å². The van der Waals surface area contributed by atoms with Gasteiger partial charge in [0.15, 0.2) is 0 Å². The smallest absolute Gasteiger partial charge is 0.0761 e. The molecule has 0 fully saturated rings. The highest BCUT2D eigenvalue weighted by Gasteiger charge is 2.15. The summed E-state index contributed by atoms with van der Waals surface area (Å²) < 4.78 is 0. The molecule has 0 aliphatic rings. The minimum absolute atomic E-state index is 0.316. The van der Waals surface area contributed by atoms with E-state index in [0.29, 0.717) is 6.04 Å². The first-order valence-electron chi connectivity index (χ1n) is 7.44. The van der Waals surface area contributed by atoms with Crippen LogP contribution in [0.2, 0.25) is 5.02 Å². The summed E-state index contributed by atoms with van der Waals surface area (Å²) >= 11 is 6.43. The average molecular weight is 311 g/mol. The SMILES string of the molecule is CC(c1ccccc1)N(C)Cc1c(Cl)ccc2cccnc12. The van der Waals surface area contributed by atoms with Gasteiger partial charge in [-0.05, 0) is 31.7 Å².